The monoisotopic (exact) mass is 426 g/mol. The summed E-state index contributed by atoms with van der Waals surface area (Å²) in [5, 5.41) is 4.86. The standard InChI is InChI=1S/C26H26N4O2/c27-20-13-7-11-19-12-8-14-21(26(19)20)29-24(31)16-6-2-5-15-23-28-22(17-25(32)30-23)18-9-3-1-4-10-18/h1,3-4,7-14,17H,2,5-6,15-16,27H2,(H,29,31)(H,28,30,32). The van der Waals surface area contributed by atoms with Crippen LogP contribution in [0.15, 0.2) is 77.6 Å². The van der Waals surface area contributed by atoms with Gasteiger partial charge in [-0.15, -0.1) is 0 Å². The number of carbonyl (C=O) groups excluding carboxylic acids is 1. The molecule has 0 fully saturated rings. The lowest BCUT2D eigenvalue weighted by atomic mass is 10.1. The van der Waals surface area contributed by atoms with Crippen LogP contribution in [-0.4, -0.2) is 15.9 Å². The number of fused-ring (bicyclic) bond motifs is 1. The first-order valence-electron chi connectivity index (χ1n) is 10.8. The molecule has 0 aliphatic carbocycles. The summed E-state index contributed by atoms with van der Waals surface area (Å²) < 4.78 is 0. The van der Waals surface area contributed by atoms with Crippen molar-refractivity contribution in [1.29, 1.82) is 0 Å². The van der Waals surface area contributed by atoms with Crippen molar-refractivity contribution in [3.05, 3.63) is 89.0 Å². The fourth-order valence-electron chi connectivity index (χ4n) is 3.82. The lowest BCUT2D eigenvalue weighted by Gasteiger charge is -2.10. The van der Waals surface area contributed by atoms with Gasteiger partial charge in [-0.25, -0.2) is 4.98 Å². The number of carbonyl (C=O) groups is 1. The van der Waals surface area contributed by atoms with Crippen LogP contribution in [0.2, 0.25) is 0 Å². The Kier molecular flexibility index (Phi) is 6.60. The minimum absolute atomic E-state index is 0.0293. The van der Waals surface area contributed by atoms with E-state index in [0.29, 0.717) is 30.0 Å². The zero-order valence-electron chi connectivity index (χ0n) is 17.8. The molecule has 1 heterocycles. The third-order valence-electron chi connectivity index (χ3n) is 5.39. The van der Waals surface area contributed by atoms with Crippen molar-refractivity contribution in [3.63, 3.8) is 0 Å². The summed E-state index contributed by atoms with van der Waals surface area (Å²) in [6.07, 6.45) is 3.56. The number of rotatable bonds is 8. The van der Waals surface area contributed by atoms with E-state index >= 15 is 0 Å². The Labute approximate surface area is 186 Å². The molecule has 0 aliphatic rings. The van der Waals surface area contributed by atoms with Gasteiger partial charge in [0.05, 0.1) is 11.4 Å². The molecule has 1 aromatic heterocycles. The number of nitrogens with two attached hydrogens (primary N) is 1. The van der Waals surface area contributed by atoms with Crippen LogP contribution in [0.5, 0.6) is 0 Å². The van der Waals surface area contributed by atoms with Crippen molar-refractivity contribution in [2.75, 3.05) is 11.1 Å². The summed E-state index contributed by atoms with van der Waals surface area (Å²) in [5.41, 5.74) is 8.95. The van der Waals surface area contributed by atoms with Crippen molar-refractivity contribution in [1.82, 2.24) is 9.97 Å². The highest BCUT2D eigenvalue weighted by atomic mass is 16.1. The average molecular weight is 427 g/mol. The van der Waals surface area contributed by atoms with Gasteiger partial charge < -0.3 is 16.0 Å². The summed E-state index contributed by atoms with van der Waals surface area (Å²) in [7, 11) is 0. The predicted molar refractivity (Wildman–Crippen MR) is 129 cm³/mol. The number of nitrogen functional groups attached to an aromatic ring is 1. The number of amides is 1. The molecule has 0 atom stereocenters. The minimum atomic E-state index is -0.150. The maximum Gasteiger partial charge on any atom is 0.251 e. The Bertz CT molecular complexity index is 1280. The minimum Gasteiger partial charge on any atom is -0.398 e. The van der Waals surface area contributed by atoms with Crippen LogP contribution in [0.25, 0.3) is 22.0 Å². The molecule has 1 amide bonds. The van der Waals surface area contributed by atoms with Gasteiger partial charge in [0.15, 0.2) is 0 Å². The Hall–Kier alpha value is -3.93. The third-order valence-corrected chi connectivity index (χ3v) is 5.39. The van der Waals surface area contributed by atoms with E-state index in [2.05, 4.69) is 15.3 Å². The number of aryl methyl sites for hydroxylation is 1. The van der Waals surface area contributed by atoms with E-state index in [9.17, 15) is 9.59 Å². The Balaban J connectivity index is 1.28. The van der Waals surface area contributed by atoms with Gasteiger partial charge in [-0.2, -0.15) is 0 Å². The zero-order valence-corrected chi connectivity index (χ0v) is 17.8. The number of anilines is 2. The number of hydrogen-bond acceptors (Lipinski definition) is 4. The van der Waals surface area contributed by atoms with Gasteiger partial charge in [0.2, 0.25) is 5.91 Å². The van der Waals surface area contributed by atoms with E-state index < -0.39 is 0 Å². The maximum absolute atomic E-state index is 12.4. The van der Waals surface area contributed by atoms with Crippen LogP contribution >= 0.6 is 0 Å². The highest BCUT2D eigenvalue weighted by Crippen LogP contribution is 2.28. The van der Waals surface area contributed by atoms with Gasteiger partial charge >= 0.3 is 0 Å². The number of hydrogen-bond donors (Lipinski definition) is 3. The van der Waals surface area contributed by atoms with Crippen LogP contribution < -0.4 is 16.6 Å². The van der Waals surface area contributed by atoms with Crippen molar-refractivity contribution in [3.8, 4) is 11.3 Å². The van der Waals surface area contributed by atoms with Crippen LogP contribution in [0, 0.1) is 0 Å². The summed E-state index contributed by atoms with van der Waals surface area (Å²) in [4.78, 5) is 31.8. The fourth-order valence-corrected chi connectivity index (χ4v) is 3.82. The number of aromatic nitrogens is 2. The molecule has 0 radical (unpaired) electrons. The number of nitrogens with zero attached hydrogens (tertiary/aromatic N) is 1. The SMILES string of the molecule is Nc1cccc2cccc(NC(=O)CCCCCc3nc(-c4ccccc4)cc(=O)[nH]3)c12. The van der Waals surface area contributed by atoms with E-state index in [4.69, 9.17) is 5.73 Å². The van der Waals surface area contributed by atoms with Crippen molar-refractivity contribution in [2.45, 2.75) is 32.1 Å². The topological polar surface area (TPSA) is 101 Å². The molecule has 4 rings (SSSR count). The molecule has 0 bridgehead atoms. The molecule has 0 unspecified atom stereocenters. The van der Waals surface area contributed by atoms with Gasteiger partial charge in [-0.3, -0.25) is 9.59 Å². The van der Waals surface area contributed by atoms with E-state index in [-0.39, 0.29) is 11.5 Å². The Morgan fingerprint density at radius 1 is 0.938 bits per heavy atom. The molecule has 0 saturated carbocycles. The Morgan fingerprint density at radius 2 is 1.72 bits per heavy atom. The first kappa shape index (κ1) is 21.3. The molecule has 32 heavy (non-hydrogen) atoms. The number of benzene rings is 3. The van der Waals surface area contributed by atoms with Crippen LogP contribution in [0.3, 0.4) is 0 Å². The van der Waals surface area contributed by atoms with Gasteiger partial charge in [0.25, 0.3) is 5.56 Å². The van der Waals surface area contributed by atoms with E-state index in [1.165, 1.54) is 6.07 Å². The molecule has 4 aromatic rings. The van der Waals surface area contributed by atoms with Gasteiger partial charge in [-0.1, -0.05) is 61.0 Å². The molecule has 6 heteroatoms. The van der Waals surface area contributed by atoms with E-state index in [1.54, 1.807) is 0 Å². The average Bonchev–Trinajstić information content (AvgIpc) is 2.79. The first-order valence-corrected chi connectivity index (χ1v) is 10.8. The highest BCUT2D eigenvalue weighted by Gasteiger charge is 2.08. The molecule has 3 aromatic carbocycles. The third kappa shape index (κ3) is 5.21. The maximum atomic E-state index is 12.4. The Morgan fingerprint density at radius 3 is 2.53 bits per heavy atom. The number of aromatic amines is 1. The second-order valence-corrected chi connectivity index (χ2v) is 7.80. The molecule has 0 aliphatic heterocycles. The van der Waals surface area contributed by atoms with Crippen molar-refractivity contribution >= 4 is 28.1 Å². The summed E-state index contributed by atoms with van der Waals surface area (Å²) >= 11 is 0. The van der Waals surface area contributed by atoms with Crippen LogP contribution in [0.1, 0.15) is 31.5 Å². The van der Waals surface area contributed by atoms with Gasteiger partial charge in [0.1, 0.15) is 5.82 Å². The quantitative estimate of drug-likeness (QED) is 0.275. The molecule has 0 spiro atoms. The molecule has 0 saturated heterocycles. The fraction of sp³-hybridized carbons (Fsp3) is 0.192. The van der Waals surface area contributed by atoms with E-state index in [1.807, 2.05) is 66.7 Å². The molecule has 6 nitrogen and oxygen atoms in total. The largest absolute Gasteiger partial charge is 0.398 e. The number of nitrogens with one attached hydrogen (secondary N) is 2. The molecular formula is C26H26N4O2. The molecular weight excluding hydrogens is 400 g/mol. The highest BCUT2D eigenvalue weighted by molar-refractivity contribution is 6.07. The number of unbranched alkanes of at least 4 members (excludes halogenated alkanes) is 2. The normalized spacial score (nSPS) is 10.9. The first-order chi connectivity index (χ1) is 15.6. The lowest BCUT2D eigenvalue weighted by molar-refractivity contribution is -0.116. The number of H-pyrrole nitrogens is 1. The molecule has 4 N–H and O–H groups in total. The van der Waals surface area contributed by atoms with Gasteiger partial charge in [0, 0.05) is 35.5 Å². The smallest absolute Gasteiger partial charge is 0.251 e. The van der Waals surface area contributed by atoms with Crippen LogP contribution in [0.4, 0.5) is 11.4 Å². The van der Waals surface area contributed by atoms with E-state index in [0.717, 1.165) is 41.3 Å². The molecule has 162 valence electrons. The zero-order chi connectivity index (χ0) is 22.3. The second kappa shape index (κ2) is 9.92. The van der Waals surface area contributed by atoms with Crippen LogP contribution in [-0.2, 0) is 11.2 Å². The van der Waals surface area contributed by atoms with Gasteiger partial charge in [-0.05, 0) is 30.4 Å². The summed E-state index contributed by atoms with van der Waals surface area (Å²) in [6, 6.07) is 22.7. The summed E-state index contributed by atoms with van der Waals surface area (Å²) in [5.74, 6) is 0.644. The lowest BCUT2D eigenvalue weighted by Crippen LogP contribution is -2.12. The van der Waals surface area contributed by atoms with Crippen molar-refractivity contribution in [2.24, 2.45) is 0 Å². The van der Waals surface area contributed by atoms with Crippen molar-refractivity contribution < 1.29 is 4.79 Å². The summed E-state index contributed by atoms with van der Waals surface area (Å²) in [6.45, 7) is 0. The second-order valence-electron chi connectivity index (χ2n) is 7.80. The predicted octanol–water partition coefficient (Wildman–Crippen LogP) is 4.91.